The van der Waals surface area contributed by atoms with Gasteiger partial charge in [0.25, 0.3) is 0 Å². The van der Waals surface area contributed by atoms with Gasteiger partial charge in [-0.05, 0) is 68.2 Å². The molecule has 0 fully saturated rings. The van der Waals surface area contributed by atoms with Crippen LogP contribution >= 0.6 is 23.4 Å². The zero-order valence-corrected chi connectivity index (χ0v) is 20.9. The minimum absolute atomic E-state index is 0.0452. The molecule has 4 nitrogen and oxygen atoms in total. The van der Waals surface area contributed by atoms with Gasteiger partial charge in [0.05, 0.1) is 0 Å². The quantitative estimate of drug-likeness (QED) is 0.287. The van der Waals surface area contributed by atoms with E-state index in [1.54, 1.807) is 16.7 Å². The van der Waals surface area contributed by atoms with Crippen LogP contribution in [0.3, 0.4) is 0 Å². The Morgan fingerprint density at radius 3 is 2.34 bits per heavy atom. The Hall–Kier alpha value is -1.98. The van der Waals surface area contributed by atoms with Crippen LogP contribution in [0.25, 0.3) is 0 Å². The summed E-state index contributed by atoms with van der Waals surface area (Å²) in [6.45, 7) is 6.55. The van der Waals surface area contributed by atoms with Crippen LogP contribution in [0.4, 0.5) is 0 Å². The van der Waals surface area contributed by atoms with Crippen LogP contribution < -0.4 is 5.32 Å². The Bertz CT molecular complexity index is 829. The molecule has 2 rings (SSSR count). The lowest BCUT2D eigenvalue weighted by molar-refractivity contribution is -0.141. The molecule has 0 bridgehead atoms. The third-order valence-electron chi connectivity index (χ3n) is 5.49. The standard InChI is InChI=1S/C26H35ClN2O2S/c1-4-20(3)28-26(31)24(5-2)29(18-17-21-10-7-6-8-11-21)25(30)12-9-19-32-23-15-13-22(27)14-16-23/h6-8,10-11,13-16,20,24H,4-5,9,12,17-19H2,1-3H3,(H,28,31)/t20-,24-/m1/s1. The summed E-state index contributed by atoms with van der Waals surface area (Å²) in [7, 11) is 0. The first kappa shape index (κ1) is 26.3. The molecule has 0 saturated carbocycles. The van der Waals surface area contributed by atoms with Crippen molar-refractivity contribution < 1.29 is 9.59 Å². The maximum absolute atomic E-state index is 13.2. The smallest absolute Gasteiger partial charge is 0.243 e. The molecule has 0 aliphatic rings. The van der Waals surface area contributed by atoms with Crippen LogP contribution in [0.1, 0.15) is 52.0 Å². The normalized spacial score (nSPS) is 12.8. The molecule has 0 aliphatic heterocycles. The fourth-order valence-electron chi connectivity index (χ4n) is 3.42. The molecule has 0 aliphatic carbocycles. The van der Waals surface area contributed by atoms with E-state index in [2.05, 4.69) is 17.4 Å². The van der Waals surface area contributed by atoms with Crippen LogP contribution in [-0.4, -0.2) is 41.1 Å². The highest BCUT2D eigenvalue weighted by molar-refractivity contribution is 7.99. The first-order valence-corrected chi connectivity index (χ1v) is 12.8. The Balaban J connectivity index is 1.99. The zero-order chi connectivity index (χ0) is 23.3. The fraction of sp³-hybridized carbons (Fsp3) is 0.462. The summed E-state index contributed by atoms with van der Waals surface area (Å²) < 4.78 is 0. The minimum Gasteiger partial charge on any atom is -0.352 e. The second-order valence-electron chi connectivity index (χ2n) is 7.97. The Kier molecular flexibility index (Phi) is 11.7. The van der Waals surface area contributed by atoms with Gasteiger partial charge in [0.1, 0.15) is 6.04 Å². The first-order chi connectivity index (χ1) is 15.4. The molecule has 0 heterocycles. The lowest BCUT2D eigenvalue weighted by Crippen LogP contribution is -2.51. The molecule has 2 amide bonds. The maximum Gasteiger partial charge on any atom is 0.243 e. The van der Waals surface area contributed by atoms with Gasteiger partial charge in [0.15, 0.2) is 0 Å². The summed E-state index contributed by atoms with van der Waals surface area (Å²) in [6.07, 6.45) is 3.39. The predicted molar refractivity (Wildman–Crippen MR) is 135 cm³/mol. The van der Waals surface area contributed by atoms with E-state index in [9.17, 15) is 9.59 Å². The second-order valence-corrected chi connectivity index (χ2v) is 9.58. The van der Waals surface area contributed by atoms with E-state index in [1.807, 2.05) is 63.2 Å². The molecule has 0 saturated heterocycles. The van der Waals surface area contributed by atoms with Crippen molar-refractivity contribution in [2.45, 2.75) is 69.9 Å². The number of hydrogen-bond acceptors (Lipinski definition) is 3. The van der Waals surface area contributed by atoms with Gasteiger partial charge in [-0.3, -0.25) is 9.59 Å². The van der Waals surface area contributed by atoms with Gasteiger partial charge < -0.3 is 10.2 Å². The van der Waals surface area contributed by atoms with Gasteiger partial charge in [-0.15, -0.1) is 11.8 Å². The van der Waals surface area contributed by atoms with E-state index in [-0.39, 0.29) is 17.9 Å². The average molecular weight is 475 g/mol. The van der Waals surface area contributed by atoms with Crippen molar-refractivity contribution >= 4 is 35.2 Å². The van der Waals surface area contributed by atoms with Crippen molar-refractivity contribution in [3.63, 3.8) is 0 Å². The topological polar surface area (TPSA) is 49.4 Å². The number of nitrogens with one attached hydrogen (secondary N) is 1. The van der Waals surface area contributed by atoms with E-state index in [1.165, 1.54) is 5.56 Å². The molecule has 32 heavy (non-hydrogen) atoms. The molecular formula is C26H35ClN2O2S. The number of rotatable bonds is 13. The van der Waals surface area contributed by atoms with Gasteiger partial charge in [0, 0.05) is 28.9 Å². The average Bonchev–Trinajstić information content (AvgIpc) is 2.80. The molecule has 0 unspecified atom stereocenters. The van der Waals surface area contributed by atoms with Crippen molar-refractivity contribution in [3.8, 4) is 0 Å². The number of thioether (sulfide) groups is 1. The summed E-state index contributed by atoms with van der Waals surface area (Å²) in [5.74, 6) is 0.832. The Morgan fingerprint density at radius 1 is 1.03 bits per heavy atom. The number of carbonyl (C=O) groups is 2. The van der Waals surface area contributed by atoms with Crippen LogP contribution in [-0.2, 0) is 16.0 Å². The monoisotopic (exact) mass is 474 g/mol. The summed E-state index contributed by atoms with van der Waals surface area (Å²) in [6, 6.07) is 17.5. The summed E-state index contributed by atoms with van der Waals surface area (Å²) in [4.78, 5) is 29.1. The number of nitrogens with zero attached hydrogens (tertiary/aromatic N) is 1. The van der Waals surface area contributed by atoms with Gasteiger partial charge in [0.2, 0.25) is 11.8 Å². The van der Waals surface area contributed by atoms with E-state index in [4.69, 9.17) is 11.6 Å². The molecule has 6 heteroatoms. The summed E-state index contributed by atoms with van der Waals surface area (Å²) in [5.41, 5.74) is 1.17. The Labute approximate surface area is 202 Å². The predicted octanol–water partition coefficient (Wildman–Crippen LogP) is 5.98. The highest BCUT2D eigenvalue weighted by Gasteiger charge is 2.28. The first-order valence-electron chi connectivity index (χ1n) is 11.5. The minimum atomic E-state index is -0.441. The van der Waals surface area contributed by atoms with E-state index >= 15 is 0 Å². The summed E-state index contributed by atoms with van der Waals surface area (Å²) >= 11 is 7.66. The van der Waals surface area contributed by atoms with Crippen molar-refractivity contribution in [3.05, 3.63) is 65.2 Å². The lowest BCUT2D eigenvalue weighted by atomic mass is 10.1. The zero-order valence-electron chi connectivity index (χ0n) is 19.4. The number of halogens is 1. The van der Waals surface area contributed by atoms with Crippen LogP contribution in [0, 0.1) is 0 Å². The van der Waals surface area contributed by atoms with Crippen molar-refractivity contribution in [2.24, 2.45) is 0 Å². The molecule has 2 aromatic rings. The maximum atomic E-state index is 13.2. The molecule has 0 radical (unpaired) electrons. The van der Waals surface area contributed by atoms with Gasteiger partial charge in [-0.2, -0.15) is 0 Å². The SMILES string of the molecule is CC[C@@H](C)NC(=O)[C@@H](CC)N(CCc1ccccc1)C(=O)CCCSc1ccc(Cl)cc1. The van der Waals surface area contributed by atoms with Gasteiger partial charge in [-0.1, -0.05) is 55.8 Å². The number of carbonyl (C=O) groups excluding carboxylic acids is 2. The number of benzene rings is 2. The van der Waals surface area contributed by atoms with Crippen molar-refractivity contribution in [1.29, 1.82) is 0 Å². The van der Waals surface area contributed by atoms with E-state index in [0.29, 0.717) is 19.4 Å². The number of hydrogen-bond donors (Lipinski definition) is 1. The van der Waals surface area contributed by atoms with Gasteiger partial charge >= 0.3 is 0 Å². The molecule has 2 aromatic carbocycles. The molecular weight excluding hydrogens is 440 g/mol. The molecule has 2 atom stereocenters. The van der Waals surface area contributed by atoms with Gasteiger partial charge in [-0.25, -0.2) is 0 Å². The third kappa shape index (κ3) is 8.87. The second kappa shape index (κ2) is 14.2. The molecule has 0 aromatic heterocycles. The van der Waals surface area contributed by atoms with Crippen LogP contribution in [0.15, 0.2) is 59.5 Å². The fourth-order valence-corrected chi connectivity index (χ4v) is 4.40. The van der Waals surface area contributed by atoms with Crippen molar-refractivity contribution in [2.75, 3.05) is 12.3 Å². The van der Waals surface area contributed by atoms with E-state index in [0.717, 1.165) is 34.9 Å². The molecule has 0 spiro atoms. The number of amides is 2. The largest absolute Gasteiger partial charge is 0.352 e. The third-order valence-corrected chi connectivity index (χ3v) is 6.84. The van der Waals surface area contributed by atoms with E-state index < -0.39 is 6.04 Å². The van der Waals surface area contributed by atoms with Crippen LogP contribution in [0.2, 0.25) is 5.02 Å². The highest BCUT2D eigenvalue weighted by Crippen LogP contribution is 2.22. The lowest BCUT2D eigenvalue weighted by Gasteiger charge is -2.31. The highest BCUT2D eigenvalue weighted by atomic mass is 35.5. The molecule has 174 valence electrons. The Morgan fingerprint density at radius 2 is 1.72 bits per heavy atom. The van der Waals surface area contributed by atoms with Crippen LogP contribution in [0.5, 0.6) is 0 Å². The summed E-state index contributed by atoms with van der Waals surface area (Å²) in [5, 5.41) is 3.78. The van der Waals surface area contributed by atoms with Crippen molar-refractivity contribution in [1.82, 2.24) is 10.2 Å². The molecule has 1 N–H and O–H groups in total.